The molecule has 0 fully saturated rings. The first-order chi connectivity index (χ1) is 16.9. The summed E-state index contributed by atoms with van der Waals surface area (Å²) in [6.45, 7) is 1.44. The molecule has 0 aromatic heterocycles. The number of carbonyl (C=O) groups excluding carboxylic acids is 1. The minimum absolute atomic E-state index is 0.0570. The Morgan fingerprint density at radius 2 is 1.54 bits per heavy atom. The molecule has 0 heterocycles. The van der Waals surface area contributed by atoms with E-state index >= 15 is 0 Å². The van der Waals surface area contributed by atoms with Gasteiger partial charge in [0.1, 0.15) is 0 Å². The van der Waals surface area contributed by atoms with E-state index in [2.05, 4.69) is 0 Å². The van der Waals surface area contributed by atoms with Gasteiger partial charge in [0, 0.05) is 22.0 Å². The molecule has 204 valence electrons. The van der Waals surface area contributed by atoms with E-state index in [9.17, 15) is 44.3 Å². The molecule has 2 atom stereocenters. The van der Waals surface area contributed by atoms with Crippen molar-refractivity contribution in [1.29, 1.82) is 0 Å². The van der Waals surface area contributed by atoms with Crippen molar-refractivity contribution in [3.05, 3.63) is 74.8 Å². The third kappa shape index (κ3) is 10.1. The Balaban J connectivity index is 2.31. The summed E-state index contributed by atoms with van der Waals surface area (Å²) in [5.74, 6) is -5.06. The second-order valence-corrected chi connectivity index (χ2v) is 10.1. The van der Waals surface area contributed by atoms with E-state index in [-0.39, 0.29) is 26.9 Å². The topological polar surface area (TPSA) is 17.1 Å². The second-order valence-electron chi connectivity index (χ2n) is 8.25. The average molecular weight is 597 g/mol. The summed E-state index contributed by atoms with van der Waals surface area (Å²) in [5.41, 5.74) is -2.64. The molecular weight excluding hydrogens is 578 g/mol. The average Bonchev–Trinajstić information content (AvgIpc) is 2.70. The summed E-state index contributed by atoms with van der Waals surface area (Å²) < 4.78 is 119. The molecule has 0 spiro atoms. The van der Waals surface area contributed by atoms with Gasteiger partial charge in [0.2, 0.25) is 0 Å². The second kappa shape index (κ2) is 12.3. The monoisotopic (exact) mass is 596 g/mol. The van der Waals surface area contributed by atoms with Gasteiger partial charge in [0.25, 0.3) is 0 Å². The molecule has 0 saturated carbocycles. The normalized spacial score (nSPS) is 14.7. The van der Waals surface area contributed by atoms with Crippen molar-refractivity contribution in [2.75, 3.05) is 11.5 Å². The third-order valence-electron chi connectivity index (χ3n) is 4.93. The van der Waals surface area contributed by atoms with Gasteiger partial charge < -0.3 is 0 Å². The maximum Gasteiger partial charge on any atom is 0.417 e. The highest BCUT2D eigenvalue weighted by Crippen LogP contribution is 2.39. The van der Waals surface area contributed by atoms with Gasteiger partial charge in [0.15, 0.2) is 5.78 Å². The maximum absolute atomic E-state index is 13.7. The number of halogens is 11. The largest absolute Gasteiger partial charge is 0.417 e. The van der Waals surface area contributed by atoms with Crippen molar-refractivity contribution in [3.63, 3.8) is 0 Å². The van der Waals surface area contributed by atoms with Crippen molar-refractivity contribution < 1.29 is 44.3 Å². The first kappa shape index (κ1) is 31.4. The summed E-state index contributed by atoms with van der Waals surface area (Å²) in [4.78, 5) is 12.5. The number of rotatable bonds is 9. The van der Waals surface area contributed by atoms with Crippen molar-refractivity contribution in [1.82, 2.24) is 0 Å². The van der Waals surface area contributed by atoms with Crippen LogP contribution in [0.1, 0.15) is 46.3 Å². The van der Waals surface area contributed by atoms with Crippen LogP contribution in [0, 0.1) is 5.92 Å². The SMILES string of the molecule is C[C@H](CSCC(F)(F)F)CC(=O)c1ccc(/C=C/C(c2cc(Cl)cc(Cl)c2)C(F)(F)F)cc1C(F)(F)F. The number of Topliss-reactive ketones (excluding diaryl/α,β-unsaturated/α-hetero) is 1. The molecule has 2 aromatic rings. The fourth-order valence-electron chi connectivity index (χ4n) is 3.38. The highest BCUT2D eigenvalue weighted by Gasteiger charge is 2.39. The quantitative estimate of drug-likeness (QED) is 0.212. The van der Waals surface area contributed by atoms with Crippen LogP contribution in [-0.2, 0) is 6.18 Å². The van der Waals surface area contributed by atoms with E-state index in [1.54, 1.807) is 0 Å². The first-order valence-electron chi connectivity index (χ1n) is 10.5. The molecular formula is C24H19Cl2F9OS. The molecule has 0 aliphatic heterocycles. The summed E-state index contributed by atoms with van der Waals surface area (Å²) in [5, 5.41) is -0.114. The van der Waals surface area contributed by atoms with E-state index in [0.29, 0.717) is 23.9 Å². The van der Waals surface area contributed by atoms with Gasteiger partial charge in [-0.15, -0.1) is 0 Å². The molecule has 0 aliphatic rings. The number of ketones is 1. The summed E-state index contributed by atoms with van der Waals surface area (Å²) in [6, 6.07) is 5.75. The summed E-state index contributed by atoms with van der Waals surface area (Å²) >= 11 is 12.1. The van der Waals surface area contributed by atoms with Gasteiger partial charge in [-0.3, -0.25) is 4.79 Å². The number of alkyl halides is 9. The Hall–Kier alpha value is -1.85. The predicted octanol–water partition coefficient (Wildman–Crippen LogP) is 9.88. The lowest BCUT2D eigenvalue weighted by Crippen LogP contribution is -2.19. The van der Waals surface area contributed by atoms with Crippen LogP contribution >= 0.6 is 35.0 Å². The zero-order valence-corrected chi connectivity index (χ0v) is 21.2. The fourth-order valence-corrected chi connectivity index (χ4v) is 4.79. The van der Waals surface area contributed by atoms with Crippen LogP contribution in [0.25, 0.3) is 6.08 Å². The molecule has 1 nitrogen and oxygen atoms in total. The van der Waals surface area contributed by atoms with E-state index < -0.39 is 59.4 Å². The van der Waals surface area contributed by atoms with Crippen molar-refractivity contribution in [3.8, 4) is 0 Å². The lowest BCUT2D eigenvalue weighted by molar-refractivity contribution is -0.139. The van der Waals surface area contributed by atoms with Gasteiger partial charge in [-0.1, -0.05) is 54.4 Å². The van der Waals surface area contributed by atoms with Crippen molar-refractivity contribution in [2.45, 2.75) is 37.8 Å². The molecule has 2 rings (SSSR count). The molecule has 13 heteroatoms. The number of hydrogen-bond donors (Lipinski definition) is 0. The van der Waals surface area contributed by atoms with Crippen molar-refractivity contribution in [2.24, 2.45) is 5.92 Å². The lowest BCUT2D eigenvalue weighted by Gasteiger charge is -2.18. The van der Waals surface area contributed by atoms with Crippen LogP contribution < -0.4 is 0 Å². The molecule has 0 bridgehead atoms. The molecule has 2 aromatic carbocycles. The van der Waals surface area contributed by atoms with E-state index in [1.807, 2.05) is 0 Å². The molecule has 0 radical (unpaired) electrons. The summed E-state index contributed by atoms with van der Waals surface area (Å²) in [6.07, 6.45) is -13.2. The standard InChI is InChI=1S/C24H19Cl2F9OS/c1-13(11-37-12-22(27,28)29)6-21(36)18-4-2-14(7-20(18)24(33,34)35)3-5-19(23(30,31)32)15-8-16(25)10-17(26)9-15/h2-5,7-10,13,19H,6,11-12H2,1H3/b5-3+/t13-,19?/m0/s1. The van der Waals surface area contributed by atoms with Gasteiger partial charge in [-0.25, -0.2) is 0 Å². The number of hydrogen-bond acceptors (Lipinski definition) is 2. The minimum Gasteiger partial charge on any atom is -0.294 e. The van der Waals surface area contributed by atoms with Crippen LogP contribution in [0.2, 0.25) is 10.0 Å². The van der Waals surface area contributed by atoms with E-state index in [0.717, 1.165) is 30.3 Å². The highest BCUT2D eigenvalue weighted by molar-refractivity contribution is 7.99. The van der Waals surface area contributed by atoms with Gasteiger partial charge >= 0.3 is 18.5 Å². The van der Waals surface area contributed by atoms with Crippen LogP contribution in [0.3, 0.4) is 0 Å². The minimum atomic E-state index is -5.01. The molecule has 37 heavy (non-hydrogen) atoms. The van der Waals surface area contributed by atoms with Crippen LogP contribution in [-0.4, -0.2) is 29.6 Å². The van der Waals surface area contributed by atoms with Gasteiger partial charge in [-0.2, -0.15) is 51.3 Å². The van der Waals surface area contributed by atoms with E-state index in [1.165, 1.54) is 13.0 Å². The zero-order valence-electron chi connectivity index (χ0n) is 18.9. The first-order valence-corrected chi connectivity index (χ1v) is 12.4. The smallest absolute Gasteiger partial charge is 0.294 e. The van der Waals surface area contributed by atoms with E-state index in [4.69, 9.17) is 23.2 Å². The highest BCUT2D eigenvalue weighted by atomic mass is 35.5. The Morgan fingerprint density at radius 3 is 2.05 bits per heavy atom. The number of carbonyl (C=O) groups is 1. The Kier molecular flexibility index (Phi) is 10.5. The van der Waals surface area contributed by atoms with Gasteiger partial charge in [0.05, 0.1) is 17.2 Å². The molecule has 0 saturated heterocycles. The van der Waals surface area contributed by atoms with Gasteiger partial charge in [-0.05, 0) is 47.1 Å². The number of benzene rings is 2. The number of allylic oxidation sites excluding steroid dienone is 1. The Morgan fingerprint density at radius 1 is 0.946 bits per heavy atom. The third-order valence-corrected chi connectivity index (χ3v) is 6.70. The molecule has 0 aliphatic carbocycles. The fraction of sp³-hybridized carbons (Fsp3) is 0.375. The number of thioether (sulfide) groups is 1. The predicted molar refractivity (Wildman–Crippen MR) is 127 cm³/mol. The Bertz CT molecular complexity index is 1100. The Labute approximate surface area is 221 Å². The zero-order chi connectivity index (χ0) is 28.2. The summed E-state index contributed by atoms with van der Waals surface area (Å²) in [7, 11) is 0. The molecule has 0 amide bonds. The van der Waals surface area contributed by atoms with Crippen LogP contribution in [0.15, 0.2) is 42.5 Å². The van der Waals surface area contributed by atoms with Crippen LogP contribution in [0.4, 0.5) is 39.5 Å². The maximum atomic E-state index is 13.7. The molecule has 1 unspecified atom stereocenters. The van der Waals surface area contributed by atoms with Crippen molar-refractivity contribution >= 4 is 46.8 Å². The van der Waals surface area contributed by atoms with Crippen LogP contribution in [0.5, 0.6) is 0 Å². The lowest BCUT2D eigenvalue weighted by atomic mass is 9.93. The molecule has 0 N–H and O–H groups in total.